The molecular weight excluding hydrogens is 269 g/mol. The summed E-state index contributed by atoms with van der Waals surface area (Å²) in [6.07, 6.45) is 7.69. The highest BCUT2D eigenvalue weighted by atomic mass is 32.1. The Balaban J connectivity index is 2.17. The van der Waals surface area contributed by atoms with Crippen LogP contribution in [0.1, 0.15) is 45.4 Å². The highest BCUT2D eigenvalue weighted by Crippen LogP contribution is 2.38. The minimum absolute atomic E-state index is 0.114. The average molecular weight is 295 g/mol. The molecule has 0 heterocycles. The van der Waals surface area contributed by atoms with Gasteiger partial charge in [0.15, 0.2) is 0 Å². The van der Waals surface area contributed by atoms with Crippen LogP contribution >= 0.6 is 12.6 Å². The quantitative estimate of drug-likeness (QED) is 0.596. The zero-order valence-electron chi connectivity index (χ0n) is 12.4. The highest BCUT2D eigenvalue weighted by molar-refractivity contribution is 7.80. The zero-order chi connectivity index (χ0) is 14.4. The van der Waals surface area contributed by atoms with Gasteiger partial charge in [0.1, 0.15) is 5.82 Å². The van der Waals surface area contributed by atoms with Crippen molar-refractivity contribution in [1.82, 2.24) is 0 Å². The molecule has 0 saturated heterocycles. The minimum Gasteiger partial charge on any atom is -0.369 e. The van der Waals surface area contributed by atoms with E-state index in [-0.39, 0.29) is 11.2 Å². The molecule has 0 radical (unpaired) electrons. The number of halogens is 1. The van der Waals surface area contributed by atoms with E-state index < -0.39 is 0 Å². The van der Waals surface area contributed by atoms with Crippen molar-refractivity contribution >= 4 is 18.3 Å². The van der Waals surface area contributed by atoms with Crippen molar-refractivity contribution in [1.29, 1.82) is 0 Å². The van der Waals surface area contributed by atoms with Crippen LogP contribution in [0.25, 0.3) is 0 Å². The fourth-order valence-electron chi connectivity index (χ4n) is 3.33. The Morgan fingerprint density at radius 2 is 1.80 bits per heavy atom. The van der Waals surface area contributed by atoms with E-state index in [4.69, 9.17) is 0 Å². The summed E-state index contributed by atoms with van der Waals surface area (Å²) in [7, 11) is 0. The second kappa shape index (κ2) is 7.35. The van der Waals surface area contributed by atoms with E-state index in [0.717, 1.165) is 24.5 Å². The van der Waals surface area contributed by atoms with Gasteiger partial charge in [-0.25, -0.2) is 4.39 Å². The summed E-state index contributed by atoms with van der Waals surface area (Å²) in [5.74, 6) is 0.787. The van der Waals surface area contributed by atoms with E-state index in [1.165, 1.54) is 38.5 Å². The van der Waals surface area contributed by atoms with Crippen molar-refractivity contribution in [2.24, 2.45) is 5.41 Å². The Kier molecular flexibility index (Phi) is 5.76. The largest absolute Gasteiger partial charge is 0.369 e. The second-order valence-corrected chi connectivity index (χ2v) is 6.35. The third-order valence-corrected chi connectivity index (χ3v) is 5.27. The Morgan fingerprint density at radius 1 is 1.15 bits per heavy atom. The van der Waals surface area contributed by atoms with Crippen LogP contribution in [0.3, 0.4) is 0 Å². The second-order valence-electron chi connectivity index (χ2n) is 6.04. The third-order valence-electron chi connectivity index (χ3n) is 4.60. The van der Waals surface area contributed by atoms with Gasteiger partial charge in [-0.05, 0) is 43.1 Å². The highest BCUT2D eigenvalue weighted by Gasteiger charge is 2.32. The summed E-state index contributed by atoms with van der Waals surface area (Å²) < 4.78 is 14.0. The monoisotopic (exact) mass is 295 g/mol. The molecule has 20 heavy (non-hydrogen) atoms. The molecule has 0 unspecified atom stereocenters. The van der Waals surface area contributed by atoms with Crippen LogP contribution in [-0.4, -0.2) is 18.8 Å². The minimum atomic E-state index is -0.114. The van der Waals surface area contributed by atoms with Crippen molar-refractivity contribution in [3.8, 4) is 0 Å². The van der Waals surface area contributed by atoms with E-state index in [1.54, 1.807) is 12.1 Å². The molecule has 3 heteroatoms. The molecule has 1 aliphatic carbocycles. The molecule has 1 fully saturated rings. The van der Waals surface area contributed by atoms with E-state index in [2.05, 4.69) is 24.5 Å². The lowest BCUT2D eigenvalue weighted by molar-refractivity contribution is 0.289. The molecule has 1 aliphatic rings. The molecule has 0 N–H and O–H groups in total. The molecule has 0 spiro atoms. The zero-order valence-corrected chi connectivity index (χ0v) is 13.3. The first-order chi connectivity index (χ1) is 9.71. The van der Waals surface area contributed by atoms with Crippen molar-refractivity contribution < 1.29 is 4.39 Å². The summed E-state index contributed by atoms with van der Waals surface area (Å²) in [5.41, 5.74) is 0.984. The molecule has 0 bridgehead atoms. The number of hydrogen-bond acceptors (Lipinski definition) is 2. The van der Waals surface area contributed by atoms with Gasteiger partial charge < -0.3 is 4.90 Å². The Bertz CT molecular complexity index is 413. The lowest BCUT2D eigenvalue weighted by Crippen LogP contribution is -2.39. The Hall–Kier alpha value is -0.700. The van der Waals surface area contributed by atoms with Crippen LogP contribution in [0.2, 0.25) is 0 Å². The molecule has 0 aromatic heterocycles. The Labute approximate surface area is 128 Å². The topological polar surface area (TPSA) is 3.24 Å². The molecule has 1 aromatic carbocycles. The summed E-state index contributed by atoms with van der Waals surface area (Å²) >= 11 is 4.63. The van der Waals surface area contributed by atoms with E-state index in [0.29, 0.717) is 0 Å². The standard InChI is InChI=1S/C17H26FNS/c1-2-19(16-10-6-5-9-15(16)18)13-17(14-20)11-7-3-4-8-12-17/h5-6,9-10,20H,2-4,7-8,11-14H2,1H3. The average Bonchev–Trinajstić information content (AvgIpc) is 2.72. The molecule has 0 aliphatic heterocycles. The Morgan fingerprint density at radius 3 is 2.35 bits per heavy atom. The normalized spacial score (nSPS) is 18.6. The van der Waals surface area contributed by atoms with Gasteiger partial charge in [0.25, 0.3) is 0 Å². The van der Waals surface area contributed by atoms with Crippen molar-refractivity contribution in [2.45, 2.75) is 45.4 Å². The van der Waals surface area contributed by atoms with E-state index in [1.807, 2.05) is 12.1 Å². The summed E-state index contributed by atoms with van der Waals surface area (Å²) in [5, 5.41) is 0. The molecule has 0 atom stereocenters. The molecule has 112 valence electrons. The molecule has 0 amide bonds. The first-order valence-electron chi connectivity index (χ1n) is 7.81. The van der Waals surface area contributed by atoms with Crippen molar-refractivity contribution in [3.05, 3.63) is 30.1 Å². The predicted molar refractivity (Wildman–Crippen MR) is 88.3 cm³/mol. The third kappa shape index (κ3) is 3.69. The van der Waals surface area contributed by atoms with Gasteiger partial charge in [-0.3, -0.25) is 0 Å². The van der Waals surface area contributed by atoms with Crippen LogP contribution in [0, 0.1) is 11.2 Å². The molecule has 2 rings (SSSR count). The van der Waals surface area contributed by atoms with Gasteiger partial charge in [-0.2, -0.15) is 12.6 Å². The smallest absolute Gasteiger partial charge is 0.146 e. The fraction of sp³-hybridized carbons (Fsp3) is 0.647. The fourth-order valence-corrected chi connectivity index (χ4v) is 3.74. The molecular formula is C17H26FNS. The van der Waals surface area contributed by atoms with Gasteiger partial charge in [0, 0.05) is 13.1 Å². The number of thiol groups is 1. The van der Waals surface area contributed by atoms with E-state index >= 15 is 0 Å². The van der Waals surface area contributed by atoms with E-state index in [9.17, 15) is 4.39 Å². The van der Waals surface area contributed by atoms with Gasteiger partial charge >= 0.3 is 0 Å². The van der Waals surface area contributed by atoms with Crippen LogP contribution in [0.4, 0.5) is 10.1 Å². The van der Waals surface area contributed by atoms with Gasteiger partial charge in [0.2, 0.25) is 0 Å². The number of benzene rings is 1. The van der Waals surface area contributed by atoms with Gasteiger partial charge in [-0.15, -0.1) is 0 Å². The number of nitrogens with zero attached hydrogens (tertiary/aromatic N) is 1. The first kappa shape index (κ1) is 15.7. The summed E-state index contributed by atoms with van der Waals surface area (Å²) in [4.78, 5) is 2.19. The molecule has 1 nitrogen and oxygen atoms in total. The maximum absolute atomic E-state index is 14.0. The molecule has 1 aromatic rings. The SMILES string of the molecule is CCN(CC1(CS)CCCCCC1)c1ccccc1F. The number of para-hydroxylation sites is 1. The first-order valence-corrected chi connectivity index (χ1v) is 8.44. The van der Waals surface area contributed by atoms with Crippen LogP contribution < -0.4 is 4.90 Å². The van der Waals surface area contributed by atoms with Gasteiger partial charge in [0.05, 0.1) is 5.69 Å². The number of rotatable bonds is 5. The molecule has 1 saturated carbocycles. The van der Waals surface area contributed by atoms with Gasteiger partial charge in [-0.1, -0.05) is 37.8 Å². The lowest BCUT2D eigenvalue weighted by atomic mass is 9.81. The van der Waals surface area contributed by atoms with Crippen molar-refractivity contribution in [3.63, 3.8) is 0 Å². The number of hydrogen-bond donors (Lipinski definition) is 1. The maximum Gasteiger partial charge on any atom is 0.146 e. The van der Waals surface area contributed by atoms with Crippen LogP contribution in [-0.2, 0) is 0 Å². The predicted octanol–water partition coefficient (Wildman–Crippen LogP) is 4.92. The van der Waals surface area contributed by atoms with Crippen LogP contribution in [0.5, 0.6) is 0 Å². The van der Waals surface area contributed by atoms with Crippen LogP contribution in [0.15, 0.2) is 24.3 Å². The lowest BCUT2D eigenvalue weighted by Gasteiger charge is -2.38. The summed E-state index contributed by atoms with van der Waals surface area (Å²) in [6, 6.07) is 7.12. The maximum atomic E-state index is 14.0. The van der Waals surface area contributed by atoms with Crippen molar-refractivity contribution in [2.75, 3.05) is 23.7 Å². The summed E-state index contributed by atoms with van der Waals surface area (Å²) in [6.45, 7) is 3.87. The number of anilines is 1.